The third kappa shape index (κ3) is 9.92. The van der Waals surface area contributed by atoms with Crippen molar-refractivity contribution in [3.8, 4) is 0 Å². The number of hydrogen-bond donors (Lipinski definition) is 0. The van der Waals surface area contributed by atoms with Crippen LogP contribution in [0.4, 0.5) is 0 Å². The molecule has 0 unspecified atom stereocenters. The molecule has 0 spiro atoms. The molecule has 0 aliphatic carbocycles. The van der Waals surface area contributed by atoms with Gasteiger partial charge in [-0.15, -0.1) is 0 Å². The van der Waals surface area contributed by atoms with Gasteiger partial charge < -0.3 is 9.47 Å². The van der Waals surface area contributed by atoms with Crippen LogP contribution in [-0.4, -0.2) is 25.4 Å². The van der Waals surface area contributed by atoms with Gasteiger partial charge in [-0.05, 0) is 34.1 Å². The van der Waals surface area contributed by atoms with Crippen LogP contribution < -0.4 is 0 Å². The lowest BCUT2D eigenvalue weighted by atomic mass is 10.4. The summed E-state index contributed by atoms with van der Waals surface area (Å²) in [7, 11) is 0. The molecule has 0 rings (SSSR count). The first-order chi connectivity index (χ1) is 5.13. The smallest absolute Gasteiger partial charge is 0.0518 e. The van der Waals surface area contributed by atoms with Crippen LogP contribution in [0.3, 0.4) is 0 Å². The largest absolute Gasteiger partial charge is 0.379 e. The van der Waals surface area contributed by atoms with E-state index in [1.165, 1.54) is 0 Å². The maximum atomic E-state index is 5.34. The molecule has 0 saturated carbocycles. The number of rotatable bonds is 6. The highest BCUT2D eigenvalue weighted by atomic mass is 16.5. The Bertz CT molecular complexity index is 69.6. The monoisotopic (exact) mass is 160 g/mol. The predicted molar refractivity (Wildman–Crippen MR) is 46.8 cm³/mol. The van der Waals surface area contributed by atoms with Crippen LogP contribution >= 0.6 is 0 Å². The zero-order valence-electron chi connectivity index (χ0n) is 8.09. The first-order valence-corrected chi connectivity index (χ1v) is 4.36. The molecule has 0 bridgehead atoms. The molecule has 0 aliphatic rings. The van der Waals surface area contributed by atoms with Gasteiger partial charge in [-0.25, -0.2) is 0 Å². The van der Waals surface area contributed by atoms with Gasteiger partial charge in [0.25, 0.3) is 0 Å². The first kappa shape index (κ1) is 10.9. The normalized spacial score (nSPS) is 11.5. The molecule has 0 aromatic rings. The van der Waals surface area contributed by atoms with E-state index in [0.29, 0.717) is 12.2 Å². The predicted octanol–water partition coefficient (Wildman–Crippen LogP) is 2.23. The lowest BCUT2D eigenvalue weighted by Crippen LogP contribution is -2.09. The Labute approximate surface area is 69.9 Å². The van der Waals surface area contributed by atoms with Crippen molar-refractivity contribution in [2.24, 2.45) is 0 Å². The Hall–Kier alpha value is -0.0800. The third-order valence-electron chi connectivity index (χ3n) is 1.19. The van der Waals surface area contributed by atoms with Gasteiger partial charge in [0.05, 0.1) is 12.2 Å². The van der Waals surface area contributed by atoms with Gasteiger partial charge in [-0.2, -0.15) is 0 Å². The second-order valence-electron chi connectivity index (χ2n) is 3.19. The molecule has 0 aromatic carbocycles. The van der Waals surface area contributed by atoms with Gasteiger partial charge >= 0.3 is 0 Å². The van der Waals surface area contributed by atoms with Crippen molar-refractivity contribution in [3.05, 3.63) is 0 Å². The summed E-state index contributed by atoms with van der Waals surface area (Å²) in [5.74, 6) is 0. The van der Waals surface area contributed by atoms with Gasteiger partial charge in [0.2, 0.25) is 0 Å². The second-order valence-corrected chi connectivity index (χ2v) is 3.19. The van der Waals surface area contributed by atoms with Gasteiger partial charge in [-0.1, -0.05) is 0 Å². The standard InChI is InChI=1S/C9H20O2/c1-8(2)10-6-5-7-11-9(3)4/h8-9H,5-7H2,1-4H3. The van der Waals surface area contributed by atoms with Crippen molar-refractivity contribution in [2.45, 2.75) is 46.3 Å². The SMILES string of the molecule is CC(C)OCCCOC(C)C. The molecule has 0 radical (unpaired) electrons. The molecule has 0 atom stereocenters. The highest BCUT2D eigenvalue weighted by Gasteiger charge is 1.94. The van der Waals surface area contributed by atoms with Crippen molar-refractivity contribution in [3.63, 3.8) is 0 Å². The van der Waals surface area contributed by atoms with Crippen LogP contribution in [0.1, 0.15) is 34.1 Å². The Morgan fingerprint density at radius 3 is 1.45 bits per heavy atom. The summed E-state index contributed by atoms with van der Waals surface area (Å²) in [5, 5.41) is 0. The molecular weight excluding hydrogens is 140 g/mol. The maximum absolute atomic E-state index is 5.34. The molecule has 2 nitrogen and oxygen atoms in total. The van der Waals surface area contributed by atoms with E-state index < -0.39 is 0 Å². The minimum Gasteiger partial charge on any atom is -0.379 e. The Kier molecular flexibility index (Phi) is 6.57. The van der Waals surface area contributed by atoms with Crippen LogP contribution in [0.2, 0.25) is 0 Å². The van der Waals surface area contributed by atoms with Crippen LogP contribution in [-0.2, 0) is 9.47 Å². The fourth-order valence-electron chi connectivity index (χ4n) is 0.697. The van der Waals surface area contributed by atoms with Gasteiger partial charge in [0, 0.05) is 13.2 Å². The fourth-order valence-corrected chi connectivity index (χ4v) is 0.697. The van der Waals surface area contributed by atoms with Gasteiger partial charge in [0.1, 0.15) is 0 Å². The molecule has 0 saturated heterocycles. The quantitative estimate of drug-likeness (QED) is 0.555. The van der Waals surface area contributed by atoms with Crippen molar-refractivity contribution < 1.29 is 9.47 Å². The lowest BCUT2D eigenvalue weighted by Gasteiger charge is -2.09. The summed E-state index contributed by atoms with van der Waals surface area (Å²) in [4.78, 5) is 0. The number of ether oxygens (including phenoxy) is 2. The zero-order chi connectivity index (χ0) is 8.69. The molecule has 0 aliphatic heterocycles. The van der Waals surface area contributed by atoms with Gasteiger partial charge in [-0.3, -0.25) is 0 Å². The Morgan fingerprint density at radius 2 is 1.18 bits per heavy atom. The summed E-state index contributed by atoms with van der Waals surface area (Å²) in [6, 6.07) is 0. The number of hydrogen-bond acceptors (Lipinski definition) is 2. The molecule has 0 amide bonds. The highest BCUT2D eigenvalue weighted by molar-refractivity contribution is 4.41. The van der Waals surface area contributed by atoms with E-state index in [-0.39, 0.29) is 0 Å². The van der Waals surface area contributed by atoms with E-state index in [1.807, 2.05) is 27.7 Å². The van der Waals surface area contributed by atoms with Crippen molar-refractivity contribution in [1.29, 1.82) is 0 Å². The topological polar surface area (TPSA) is 18.5 Å². The van der Waals surface area contributed by atoms with Crippen molar-refractivity contribution in [1.82, 2.24) is 0 Å². The van der Waals surface area contributed by atoms with E-state index in [4.69, 9.17) is 9.47 Å². The Morgan fingerprint density at radius 1 is 0.818 bits per heavy atom. The molecule has 11 heavy (non-hydrogen) atoms. The van der Waals surface area contributed by atoms with Crippen LogP contribution in [0, 0.1) is 0 Å². The van der Waals surface area contributed by atoms with E-state index >= 15 is 0 Å². The summed E-state index contributed by atoms with van der Waals surface area (Å²) < 4.78 is 10.7. The molecule has 68 valence electrons. The summed E-state index contributed by atoms with van der Waals surface area (Å²) in [5.41, 5.74) is 0. The summed E-state index contributed by atoms with van der Waals surface area (Å²) in [6.45, 7) is 9.80. The minimum absolute atomic E-state index is 0.342. The fraction of sp³-hybridized carbons (Fsp3) is 1.00. The molecule has 2 heteroatoms. The van der Waals surface area contributed by atoms with E-state index in [0.717, 1.165) is 19.6 Å². The van der Waals surface area contributed by atoms with Crippen molar-refractivity contribution >= 4 is 0 Å². The van der Waals surface area contributed by atoms with E-state index in [9.17, 15) is 0 Å². The van der Waals surface area contributed by atoms with Crippen LogP contribution in [0.15, 0.2) is 0 Å². The van der Waals surface area contributed by atoms with Crippen LogP contribution in [0.5, 0.6) is 0 Å². The molecular formula is C9H20O2. The second kappa shape index (κ2) is 6.62. The Balaban J connectivity index is 2.91. The molecule has 0 N–H and O–H groups in total. The van der Waals surface area contributed by atoms with Gasteiger partial charge in [0.15, 0.2) is 0 Å². The highest BCUT2D eigenvalue weighted by Crippen LogP contribution is 1.93. The molecule has 0 fully saturated rings. The van der Waals surface area contributed by atoms with E-state index in [1.54, 1.807) is 0 Å². The first-order valence-electron chi connectivity index (χ1n) is 4.36. The average molecular weight is 160 g/mol. The average Bonchev–Trinajstić information content (AvgIpc) is 1.85. The minimum atomic E-state index is 0.342. The molecule has 0 aromatic heterocycles. The zero-order valence-corrected chi connectivity index (χ0v) is 8.09. The molecule has 0 heterocycles. The maximum Gasteiger partial charge on any atom is 0.0518 e. The third-order valence-corrected chi connectivity index (χ3v) is 1.19. The summed E-state index contributed by atoms with van der Waals surface area (Å²) >= 11 is 0. The van der Waals surface area contributed by atoms with E-state index in [2.05, 4.69) is 0 Å². The summed E-state index contributed by atoms with van der Waals surface area (Å²) in [6.07, 6.45) is 1.68. The lowest BCUT2D eigenvalue weighted by molar-refractivity contribution is 0.0335. The van der Waals surface area contributed by atoms with Crippen LogP contribution in [0.25, 0.3) is 0 Å². The van der Waals surface area contributed by atoms with Crippen molar-refractivity contribution in [2.75, 3.05) is 13.2 Å².